The first kappa shape index (κ1) is 26.3. The van der Waals surface area contributed by atoms with E-state index >= 15 is 0 Å². The standard InChI is InChI=1S/C27H31Cl2N3O4/c1-19(2)35-27(33)36-25-11-9-20-8-10-21(18-23(20)30-25)34-17-4-3-12-31-13-15-32(16-14-31)24-7-5-6-22(28)26(24)29/h5-11,18-19H,3-4,12-17H2,1-2H3. The molecule has 4 rings (SSSR count). The Morgan fingerprint density at radius 2 is 1.81 bits per heavy atom. The predicted octanol–water partition coefficient (Wildman–Crippen LogP) is 6.45. The van der Waals surface area contributed by atoms with Crippen molar-refractivity contribution in [1.82, 2.24) is 9.88 Å². The highest BCUT2D eigenvalue weighted by atomic mass is 35.5. The van der Waals surface area contributed by atoms with Crippen LogP contribution >= 0.6 is 23.2 Å². The maximum Gasteiger partial charge on any atom is 0.515 e. The van der Waals surface area contributed by atoms with Gasteiger partial charge < -0.3 is 19.1 Å². The molecule has 2 heterocycles. The summed E-state index contributed by atoms with van der Waals surface area (Å²) in [5.74, 6) is 0.937. The lowest BCUT2D eigenvalue weighted by Crippen LogP contribution is -2.46. The Labute approximate surface area is 221 Å². The van der Waals surface area contributed by atoms with E-state index in [4.69, 9.17) is 37.4 Å². The summed E-state index contributed by atoms with van der Waals surface area (Å²) in [5.41, 5.74) is 1.70. The third kappa shape index (κ3) is 7.15. The van der Waals surface area contributed by atoms with E-state index in [2.05, 4.69) is 14.8 Å². The third-order valence-electron chi connectivity index (χ3n) is 5.94. The SMILES string of the molecule is CC(C)OC(=O)Oc1ccc2ccc(OCCCCN3CCN(c4cccc(Cl)c4Cl)CC3)cc2n1. The van der Waals surface area contributed by atoms with E-state index in [0.717, 1.165) is 62.4 Å². The van der Waals surface area contributed by atoms with Gasteiger partial charge in [-0.1, -0.05) is 29.3 Å². The number of pyridine rings is 1. The minimum Gasteiger partial charge on any atom is -0.494 e. The van der Waals surface area contributed by atoms with Crippen molar-refractivity contribution >= 4 is 45.9 Å². The van der Waals surface area contributed by atoms with Gasteiger partial charge in [-0.05, 0) is 63.6 Å². The van der Waals surface area contributed by atoms with Crippen molar-refractivity contribution in [1.29, 1.82) is 0 Å². The zero-order valence-corrected chi connectivity index (χ0v) is 22.1. The number of nitrogens with zero attached hydrogens (tertiary/aromatic N) is 3. The Balaban J connectivity index is 1.19. The lowest BCUT2D eigenvalue weighted by Gasteiger charge is -2.36. The molecule has 0 saturated carbocycles. The average molecular weight is 532 g/mol. The molecule has 0 N–H and O–H groups in total. The number of aromatic nitrogens is 1. The van der Waals surface area contributed by atoms with Gasteiger partial charge in [-0.25, -0.2) is 9.78 Å². The minimum absolute atomic E-state index is 0.197. The highest BCUT2D eigenvalue weighted by molar-refractivity contribution is 6.43. The first-order valence-electron chi connectivity index (χ1n) is 12.2. The molecule has 0 atom stereocenters. The number of halogens is 2. The quantitative estimate of drug-likeness (QED) is 0.232. The number of fused-ring (bicyclic) bond motifs is 1. The molecule has 36 heavy (non-hydrogen) atoms. The van der Waals surface area contributed by atoms with Crippen molar-refractivity contribution in [2.24, 2.45) is 0 Å². The van der Waals surface area contributed by atoms with E-state index in [1.807, 2.05) is 42.5 Å². The molecule has 9 heteroatoms. The van der Waals surface area contributed by atoms with Crippen molar-refractivity contribution in [2.75, 3.05) is 44.2 Å². The van der Waals surface area contributed by atoms with Crippen LogP contribution < -0.4 is 14.4 Å². The third-order valence-corrected chi connectivity index (χ3v) is 6.75. The van der Waals surface area contributed by atoms with Crippen molar-refractivity contribution in [3.05, 3.63) is 58.6 Å². The largest absolute Gasteiger partial charge is 0.515 e. The van der Waals surface area contributed by atoms with Crippen molar-refractivity contribution in [2.45, 2.75) is 32.8 Å². The van der Waals surface area contributed by atoms with Crippen molar-refractivity contribution < 1.29 is 19.0 Å². The fourth-order valence-corrected chi connectivity index (χ4v) is 4.52. The Kier molecular flexibility index (Phi) is 9.13. The molecule has 0 unspecified atom stereocenters. The van der Waals surface area contributed by atoms with E-state index in [-0.39, 0.29) is 12.0 Å². The number of anilines is 1. The van der Waals surface area contributed by atoms with Gasteiger partial charge in [0.2, 0.25) is 5.88 Å². The van der Waals surface area contributed by atoms with E-state index in [9.17, 15) is 4.79 Å². The number of piperazine rings is 1. The molecule has 0 spiro atoms. The monoisotopic (exact) mass is 531 g/mol. The van der Waals surface area contributed by atoms with E-state index in [0.29, 0.717) is 22.2 Å². The number of hydrogen-bond acceptors (Lipinski definition) is 7. The van der Waals surface area contributed by atoms with Gasteiger partial charge in [0.25, 0.3) is 0 Å². The Morgan fingerprint density at radius 3 is 2.58 bits per heavy atom. The molecule has 7 nitrogen and oxygen atoms in total. The molecular weight excluding hydrogens is 501 g/mol. The number of carbonyl (C=O) groups is 1. The number of ether oxygens (including phenoxy) is 3. The topological polar surface area (TPSA) is 64.1 Å². The summed E-state index contributed by atoms with van der Waals surface area (Å²) in [5, 5.41) is 2.16. The number of hydrogen-bond donors (Lipinski definition) is 0. The van der Waals surface area contributed by atoms with Crippen molar-refractivity contribution in [3.63, 3.8) is 0 Å². The van der Waals surface area contributed by atoms with Gasteiger partial charge >= 0.3 is 6.16 Å². The van der Waals surface area contributed by atoms with Crippen LogP contribution in [0.25, 0.3) is 10.9 Å². The number of unbranched alkanes of at least 4 members (excludes halogenated alkanes) is 1. The van der Waals surface area contributed by atoms with Crippen molar-refractivity contribution in [3.8, 4) is 11.6 Å². The van der Waals surface area contributed by atoms with Crippen LogP contribution in [0, 0.1) is 0 Å². The normalized spacial score (nSPS) is 14.3. The van der Waals surface area contributed by atoms with Crippen LogP contribution in [-0.2, 0) is 4.74 Å². The van der Waals surface area contributed by atoms with Crippen LogP contribution in [-0.4, -0.2) is 61.5 Å². The fourth-order valence-electron chi connectivity index (χ4n) is 4.10. The molecule has 1 aliphatic rings. The zero-order chi connectivity index (χ0) is 25.5. The van der Waals surface area contributed by atoms with Gasteiger partial charge in [-0.2, -0.15) is 0 Å². The summed E-state index contributed by atoms with van der Waals surface area (Å²) in [4.78, 5) is 20.9. The second-order valence-electron chi connectivity index (χ2n) is 8.98. The Hall–Kier alpha value is -2.74. The van der Waals surface area contributed by atoms with Gasteiger partial charge in [0.15, 0.2) is 0 Å². The Morgan fingerprint density at radius 1 is 1.03 bits per heavy atom. The summed E-state index contributed by atoms with van der Waals surface area (Å²) >= 11 is 12.5. The minimum atomic E-state index is -0.765. The maximum absolute atomic E-state index is 11.7. The molecule has 0 aliphatic carbocycles. The second kappa shape index (κ2) is 12.5. The molecule has 0 radical (unpaired) electrons. The smallest absolute Gasteiger partial charge is 0.494 e. The van der Waals surface area contributed by atoms with Gasteiger partial charge in [-0.15, -0.1) is 0 Å². The van der Waals surface area contributed by atoms with Crippen LogP contribution in [0.1, 0.15) is 26.7 Å². The fraction of sp³-hybridized carbons (Fsp3) is 0.407. The molecule has 1 saturated heterocycles. The van der Waals surface area contributed by atoms with E-state index in [1.165, 1.54) is 0 Å². The van der Waals surface area contributed by atoms with E-state index < -0.39 is 6.16 Å². The molecule has 1 aromatic heterocycles. The summed E-state index contributed by atoms with van der Waals surface area (Å²) in [6.07, 6.45) is 0.991. The lowest BCUT2D eigenvalue weighted by molar-refractivity contribution is 0.0717. The average Bonchev–Trinajstić information content (AvgIpc) is 2.85. The van der Waals surface area contributed by atoms with Gasteiger partial charge in [0.1, 0.15) is 5.75 Å². The van der Waals surface area contributed by atoms with Crippen LogP contribution in [0.15, 0.2) is 48.5 Å². The van der Waals surface area contributed by atoms with Crippen LogP contribution in [0.3, 0.4) is 0 Å². The number of carbonyl (C=O) groups excluding carboxylic acids is 1. The zero-order valence-electron chi connectivity index (χ0n) is 20.6. The first-order valence-corrected chi connectivity index (χ1v) is 13.0. The van der Waals surface area contributed by atoms with Crippen LogP contribution in [0.2, 0.25) is 10.0 Å². The van der Waals surface area contributed by atoms with E-state index in [1.54, 1.807) is 19.9 Å². The van der Waals surface area contributed by atoms with Gasteiger partial charge in [-0.3, -0.25) is 4.90 Å². The molecule has 3 aromatic rings. The lowest BCUT2D eigenvalue weighted by atomic mass is 10.2. The maximum atomic E-state index is 11.7. The highest BCUT2D eigenvalue weighted by Crippen LogP contribution is 2.33. The molecule has 0 bridgehead atoms. The molecule has 2 aromatic carbocycles. The summed E-state index contributed by atoms with van der Waals surface area (Å²) < 4.78 is 16.1. The number of benzene rings is 2. The molecule has 1 aliphatic heterocycles. The summed E-state index contributed by atoms with van der Waals surface area (Å²) in [6, 6.07) is 15.0. The molecule has 0 amide bonds. The first-order chi connectivity index (χ1) is 17.4. The molecule has 1 fully saturated rings. The highest BCUT2D eigenvalue weighted by Gasteiger charge is 2.19. The second-order valence-corrected chi connectivity index (χ2v) is 9.77. The summed E-state index contributed by atoms with van der Waals surface area (Å²) in [7, 11) is 0. The number of rotatable bonds is 9. The van der Waals surface area contributed by atoms with Crippen LogP contribution in [0.4, 0.5) is 10.5 Å². The summed E-state index contributed by atoms with van der Waals surface area (Å²) in [6.45, 7) is 9.04. The Bertz CT molecular complexity index is 1180. The van der Waals surface area contributed by atoms with Gasteiger partial charge in [0, 0.05) is 43.7 Å². The predicted molar refractivity (Wildman–Crippen MR) is 144 cm³/mol. The molecule has 192 valence electrons. The molecular formula is C27H31Cl2N3O4. The van der Waals surface area contributed by atoms with Crippen LogP contribution in [0.5, 0.6) is 11.6 Å². The van der Waals surface area contributed by atoms with Gasteiger partial charge in [0.05, 0.1) is 34.0 Å².